The van der Waals surface area contributed by atoms with E-state index in [0.29, 0.717) is 22.9 Å². The molecule has 0 amide bonds. The molecule has 1 N–H and O–H groups in total. The van der Waals surface area contributed by atoms with Crippen LogP contribution in [0.3, 0.4) is 0 Å². The molecule has 2 aromatic carbocycles. The molecule has 7 nitrogen and oxygen atoms in total. The van der Waals surface area contributed by atoms with Gasteiger partial charge in [0, 0.05) is 11.6 Å². The summed E-state index contributed by atoms with van der Waals surface area (Å²) in [4.78, 5) is 12.4. The second-order valence-electron chi connectivity index (χ2n) is 5.40. The van der Waals surface area contributed by atoms with Crippen molar-refractivity contribution in [3.63, 3.8) is 0 Å². The van der Waals surface area contributed by atoms with E-state index in [1.54, 1.807) is 50.8 Å². The van der Waals surface area contributed by atoms with Crippen LogP contribution in [0, 0.1) is 0 Å². The summed E-state index contributed by atoms with van der Waals surface area (Å²) in [6.45, 7) is 0. The highest BCUT2D eigenvalue weighted by Gasteiger charge is 2.10. The maximum atomic E-state index is 12.4. The maximum Gasteiger partial charge on any atom is 0.292 e. The van der Waals surface area contributed by atoms with Gasteiger partial charge in [0.2, 0.25) is 0 Å². The molecule has 3 aromatic rings. The largest absolute Gasteiger partial charge is 0.497 e. The lowest BCUT2D eigenvalue weighted by Crippen LogP contribution is -2.22. The third-order valence-electron chi connectivity index (χ3n) is 3.75. The monoisotopic (exact) mass is 384 g/mol. The molecule has 1 heterocycles. The minimum absolute atomic E-state index is 0.00676. The Morgan fingerprint density at radius 2 is 1.93 bits per heavy atom. The van der Waals surface area contributed by atoms with Gasteiger partial charge in [-0.05, 0) is 24.3 Å². The van der Waals surface area contributed by atoms with E-state index in [-0.39, 0.29) is 5.02 Å². The average molecular weight is 385 g/mol. The SMILES string of the molecule is COc1ccc(/C=N/Nc2cnn(-c3ccccc3)c(=O)c2Cl)c(OC)c1. The molecule has 1 aromatic heterocycles. The zero-order valence-corrected chi connectivity index (χ0v) is 15.5. The number of nitrogens with zero attached hydrogens (tertiary/aromatic N) is 3. The van der Waals surface area contributed by atoms with Gasteiger partial charge in [-0.1, -0.05) is 29.8 Å². The lowest BCUT2D eigenvalue weighted by Gasteiger charge is -2.08. The Morgan fingerprint density at radius 3 is 2.63 bits per heavy atom. The quantitative estimate of drug-likeness (QED) is 0.521. The van der Waals surface area contributed by atoms with Crippen molar-refractivity contribution in [2.24, 2.45) is 5.10 Å². The molecule has 0 saturated heterocycles. The van der Waals surface area contributed by atoms with Crippen LogP contribution in [-0.2, 0) is 0 Å². The molecular weight excluding hydrogens is 368 g/mol. The zero-order chi connectivity index (χ0) is 19.2. The summed E-state index contributed by atoms with van der Waals surface area (Å²) in [7, 11) is 3.14. The second kappa shape index (κ2) is 8.37. The van der Waals surface area contributed by atoms with E-state index >= 15 is 0 Å². The van der Waals surface area contributed by atoms with Gasteiger partial charge in [-0.2, -0.15) is 14.9 Å². The molecule has 0 saturated carbocycles. The highest BCUT2D eigenvalue weighted by atomic mass is 35.5. The van der Waals surface area contributed by atoms with Gasteiger partial charge in [0.1, 0.15) is 22.2 Å². The van der Waals surface area contributed by atoms with Gasteiger partial charge in [-0.25, -0.2) is 0 Å². The number of benzene rings is 2. The van der Waals surface area contributed by atoms with Gasteiger partial charge < -0.3 is 9.47 Å². The number of rotatable bonds is 6. The van der Waals surface area contributed by atoms with Crippen molar-refractivity contribution < 1.29 is 9.47 Å². The molecule has 8 heteroatoms. The van der Waals surface area contributed by atoms with Gasteiger partial charge in [-0.15, -0.1) is 0 Å². The molecule has 0 atom stereocenters. The first-order valence-corrected chi connectivity index (χ1v) is 8.36. The van der Waals surface area contributed by atoms with Crippen molar-refractivity contribution in [3.05, 3.63) is 75.7 Å². The molecule has 0 aliphatic rings. The van der Waals surface area contributed by atoms with Crippen LogP contribution < -0.4 is 20.5 Å². The minimum Gasteiger partial charge on any atom is -0.497 e. The topological polar surface area (TPSA) is 77.7 Å². The molecule has 0 spiro atoms. The number of hydrazone groups is 1. The standard InChI is InChI=1S/C19H17ClN4O3/c1-26-15-9-8-13(17(10-15)27-2)11-21-23-16-12-22-24(19(25)18(16)20)14-6-4-3-5-7-14/h3-12,23H,1-2H3/b21-11+. The fourth-order valence-electron chi connectivity index (χ4n) is 2.36. The number of ether oxygens (including phenoxy) is 2. The first-order valence-electron chi connectivity index (χ1n) is 7.98. The fraction of sp³-hybridized carbons (Fsp3) is 0.105. The van der Waals surface area contributed by atoms with Crippen LogP contribution in [0.15, 0.2) is 64.6 Å². The van der Waals surface area contributed by atoms with Crippen LogP contribution in [0.2, 0.25) is 5.02 Å². The van der Waals surface area contributed by atoms with Crippen LogP contribution in [0.25, 0.3) is 5.69 Å². The fourth-order valence-corrected chi connectivity index (χ4v) is 2.53. The van der Waals surface area contributed by atoms with Crippen molar-refractivity contribution in [2.75, 3.05) is 19.6 Å². The number of aromatic nitrogens is 2. The van der Waals surface area contributed by atoms with Gasteiger partial charge in [0.05, 0.1) is 32.3 Å². The zero-order valence-electron chi connectivity index (χ0n) is 14.7. The van der Waals surface area contributed by atoms with Crippen molar-refractivity contribution in [3.8, 4) is 17.2 Å². The Morgan fingerprint density at radius 1 is 1.15 bits per heavy atom. The number of anilines is 1. The average Bonchev–Trinajstić information content (AvgIpc) is 2.72. The Bertz CT molecular complexity index is 1020. The molecule has 27 heavy (non-hydrogen) atoms. The van der Waals surface area contributed by atoms with Crippen molar-refractivity contribution in [1.82, 2.24) is 9.78 Å². The van der Waals surface area contributed by atoms with Crippen LogP contribution in [-0.4, -0.2) is 30.2 Å². The molecule has 0 aliphatic heterocycles. The molecule has 0 aliphatic carbocycles. The highest BCUT2D eigenvalue weighted by molar-refractivity contribution is 6.32. The van der Waals surface area contributed by atoms with E-state index in [1.807, 2.05) is 18.2 Å². The number of para-hydroxylation sites is 1. The lowest BCUT2D eigenvalue weighted by molar-refractivity contribution is 0.394. The van der Waals surface area contributed by atoms with E-state index in [1.165, 1.54) is 10.9 Å². The molecular formula is C19H17ClN4O3. The van der Waals surface area contributed by atoms with E-state index in [4.69, 9.17) is 21.1 Å². The van der Waals surface area contributed by atoms with E-state index < -0.39 is 5.56 Å². The summed E-state index contributed by atoms with van der Waals surface area (Å²) in [5.41, 5.74) is 3.96. The van der Waals surface area contributed by atoms with Crippen LogP contribution in [0.4, 0.5) is 5.69 Å². The smallest absolute Gasteiger partial charge is 0.292 e. The molecule has 0 fully saturated rings. The van der Waals surface area contributed by atoms with E-state index in [9.17, 15) is 4.79 Å². The van der Waals surface area contributed by atoms with Gasteiger partial charge in [0.15, 0.2) is 0 Å². The van der Waals surface area contributed by atoms with Gasteiger partial charge in [0.25, 0.3) is 5.56 Å². The first-order chi connectivity index (χ1) is 13.1. The molecule has 3 rings (SSSR count). The Balaban J connectivity index is 1.82. The summed E-state index contributed by atoms with van der Waals surface area (Å²) in [6.07, 6.45) is 3.00. The number of halogens is 1. The van der Waals surface area contributed by atoms with Crippen LogP contribution >= 0.6 is 11.6 Å². The summed E-state index contributed by atoms with van der Waals surface area (Å²) >= 11 is 6.18. The third-order valence-corrected chi connectivity index (χ3v) is 4.11. The number of nitrogens with one attached hydrogen (secondary N) is 1. The Hall–Kier alpha value is -3.32. The molecule has 0 unspecified atom stereocenters. The van der Waals surface area contributed by atoms with Crippen molar-refractivity contribution in [2.45, 2.75) is 0 Å². The predicted molar refractivity (Wildman–Crippen MR) is 106 cm³/mol. The van der Waals surface area contributed by atoms with E-state index in [0.717, 1.165) is 5.56 Å². The number of hydrogen-bond donors (Lipinski definition) is 1. The highest BCUT2D eigenvalue weighted by Crippen LogP contribution is 2.23. The third kappa shape index (κ3) is 4.09. The molecule has 0 bridgehead atoms. The van der Waals surface area contributed by atoms with Crippen molar-refractivity contribution in [1.29, 1.82) is 0 Å². The van der Waals surface area contributed by atoms with Gasteiger partial charge >= 0.3 is 0 Å². The van der Waals surface area contributed by atoms with Crippen molar-refractivity contribution >= 4 is 23.5 Å². The Kier molecular flexibility index (Phi) is 5.73. The predicted octanol–water partition coefficient (Wildman–Crippen LogP) is 3.35. The summed E-state index contributed by atoms with van der Waals surface area (Å²) in [5.74, 6) is 1.28. The van der Waals surface area contributed by atoms with Gasteiger partial charge in [-0.3, -0.25) is 10.2 Å². The summed E-state index contributed by atoms with van der Waals surface area (Å²) < 4.78 is 11.7. The maximum absolute atomic E-state index is 12.4. The number of hydrogen-bond acceptors (Lipinski definition) is 6. The number of methoxy groups -OCH3 is 2. The van der Waals surface area contributed by atoms with Crippen LogP contribution in [0.5, 0.6) is 11.5 Å². The lowest BCUT2D eigenvalue weighted by atomic mass is 10.2. The van der Waals surface area contributed by atoms with E-state index in [2.05, 4.69) is 15.6 Å². The summed E-state index contributed by atoms with van der Waals surface area (Å²) in [6, 6.07) is 14.4. The Labute approximate surface area is 160 Å². The molecule has 0 radical (unpaired) electrons. The second-order valence-corrected chi connectivity index (χ2v) is 5.78. The normalized spacial score (nSPS) is 10.8. The minimum atomic E-state index is -0.440. The van der Waals surface area contributed by atoms with Crippen LogP contribution in [0.1, 0.15) is 5.56 Å². The summed E-state index contributed by atoms with van der Waals surface area (Å²) in [5, 5.41) is 8.24. The molecule has 138 valence electrons. The first kappa shape index (κ1) is 18.5.